The van der Waals surface area contributed by atoms with Crippen LogP contribution >= 0.6 is 0 Å². The highest BCUT2D eigenvalue weighted by atomic mass is 16.5. The molecule has 0 amide bonds. The molecule has 0 bridgehead atoms. The molecule has 40 heavy (non-hydrogen) atoms. The van der Waals surface area contributed by atoms with E-state index in [0.717, 1.165) is 12.8 Å². The van der Waals surface area contributed by atoms with Gasteiger partial charge in [0.2, 0.25) is 0 Å². The molecule has 1 aromatic carbocycles. The van der Waals surface area contributed by atoms with Crippen LogP contribution in [0.1, 0.15) is 116 Å². The molecule has 220 valence electrons. The van der Waals surface area contributed by atoms with E-state index in [1.807, 2.05) is 30.3 Å². The van der Waals surface area contributed by atoms with Crippen LogP contribution < -0.4 is 0 Å². The largest absolute Gasteiger partial charge is 0.458 e. The number of benzene rings is 1. The Bertz CT molecular complexity index is 1160. The summed E-state index contributed by atoms with van der Waals surface area (Å²) in [7, 11) is 0. The van der Waals surface area contributed by atoms with Gasteiger partial charge < -0.3 is 9.84 Å². The zero-order valence-corrected chi connectivity index (χ0v) is 26.1. The Morgan fingerprint density at radius 3 is 2.27 bits per heavy atom. The number of carbonyl (C=O) groups excluding carboxylic acids is 1. The lowest BCUT2D eigenvalue weighted by molar-refractivity contribution is -0.249. The first-order chi connectivity index (χ1) is 18.8. The predicted octanol–water partition coefficient (Wildman–Crippen LogP) is 8.86. The van der Waals surface area contributed by atoms with E-state index in [4.69, 9.17) is 4.74 Å². The van der Waals surface area contributed by atoms with Gasteiger partial charge in [0.05, 0.1) is 5.56 Å². The first kappa shape index (κ1) is 28.5. The van der Waals surface area contributed by atoms with Crippen LogP contribution in [0.2, 0.25) is 0 Å². The molecule has 5 aliphatic carbocycles. The fraction of sp³-hybridized carbons (Fsp3) is 0.757. The van der Waals surface area contributed by atoms with E-state index in [0.29, 0.717) is 52.6 Å². The summed E-state index contributed by atoms with van der Waals surface area (Å²) in [6, 6.07) is 9.51. The number of hydrogen-bond acceptors (Lipinski definition) is 3. The smallest absolute Gasteiger partial charge is 0.338 e. The molecule has 7 unspecified atom stereocenters. The van der Waals surface area contributed by atoms with E-state index in [1.54, 1.807) is 0 Å². The average molecular weight is 547 g/mol. The van der Waals surface area contributed by atoms with Crippen molar-refractivity contribution in [3.8, 4) is 0 Å². The zero-order valence-electron chi connectivity index (χ0n) is 26.1. The number of esters is 1. The Balaban J connectivity index is 1.29. The molecule has 6 rings (SSSR count). The Hall–Kier alpha value is -1.61. The summed E-state index contributed by atoms with van der Waals surface area (Å²) in [6.07, 6.45) is 12.0. The van der Waals surface area contributed by atoms with Crippen molar-refractivity contribution in [3.63, 3.8) is 0 Å². The fourth-order valence-electron chi connectivity index (χ4n) is 12.5. The summed E-state index contributed by atoms with van der Waals surface area (Å²) in [5.41, 5.74) is 2.92. The van der Waals surface area contributed by atoms with Crippen molar-refractivity contribution in [2.24, 2.45) is 56.7 Å². The first-order valence-electron chi connectivity index (χ1n) is 16.4. The van der Waals surface area contributed by atoms with E-state index >= 15 is 0 Å². The first-order valence-corrected chi connectivity index (χ1v) is 16.4. The Morgan fingerprint density at radius 2 is 1.60 bits per heavy atom. The van der Waals surface area contributed by atoms with Crippen LogP contribution in [0.25, 0.3) is 0 Å². The molecule has 0 spiro atoms. The number of hydrogen-bond donors (Lipinski definition) is 1. The lowest BCUT2D eigenvalue weighted by Crippen LogP contribution is -2.67. The second-order valence-electron chi connectivity index (χ2n) is 16.3. The summed E-state index contributed by atoms with van der Waals surface area (Å²) < 4.78 is 6.29. The average Bonchev–Trinajstić information content (AvgIpc) is 3.32. The van der Waals surface area contributed by atoms with Crippen molar-refractivity contribution in [3.05, 3.63) is 48.0 Å². The quantitative estimate of drug-likeness (QED) is 0.303. The molecule has 10 atom stereocenters. The molecule has 5 saturated carbocycles. The fourth-order valence-corrected chi connectivity index (χ4v) is 12.5. The molecule has 0 radical (unpaired) electrons. The topological polar surface area (TPSA) is 46.5 Å². The van der Waals surface area contributed by atoms with Crippen LogP contribution in [0, 0.1) is 56.7 Å². The van der Waals surface area contributed by atoms with E-state index in [-0.39, 0.29) is 28.3 Å². The monoisotopic (exact) mass is 546 g/mol. The SMILES string of the molecule is C=C(C)C1CCC2(CO)CC[C@]3(C)C(CCC4[C@@]5(C)CCC(OC(=O)c6ccccc6)C(C)(C)C5CC[C@]43C)C12. The Morgan fingerprint density at radius 1 is 0.875 bits per heavy atom. The third kappa shape index (κ3) is 3.74. The van der Waals surface area contributed by atoms with Crippen LogP contribution in [-0.4, -0.2) is 23.8 Å². The maximum Gasteiger partial charge on any atom is 0.338 e. The third-order valence-electron chi connectivity index (χ3n) is 14.8. The Labute approximate surface area is 243 Å². The van der Waals surface area contributed by atoms with Crippen molar-refractivity contribution >= 4 is 5.97 Å². The van der Waals surface area contributed by atoms with Gasteiger partial charge in [-0.1, -0.05) is 65.0 Å². The van der Waals surface area contributed by atoms with Crippen LogP contribution in [0.4, 0.5) is 0 Å². The van der Waals surface area contributed by atoms with Gasteiger partial charge in [0.15, 0.2) is 0 Å². The lowest BCUT2D eigenvalue weighted by Gasteiger charge is -2.73. The Kier molecular flexibility index (Phi) is 6.73. The predicted molar refractivity (Wildman–Crippen MR) is 162 cm³/mol. The van der Waals surface area contributed by atoms with Crippen molar-refractivity contribution in [2.45, 2.75) is 112 Å². The highest BCUT2D eigenvalue weighted by molar-refractivity contribution is 5.89. The zero-order chi connectivity index (χ0) is 28.7. The molecule has 0 aromatic heterocycles. The van der Waals surface area contributed by atoms with Gasteiger partial charge in [0.25, 0.3) is 0 Å². The molecule has 0 saturated heterocycles. The summed E-state index contributed by atoms with van der Waals surface area (Å²) in [6.45, 7) is 19.8. The summed E-state index contributed by atoms with van der Waals surface area (Å²) in [5.74, 6) is 2.90. The van der Waals surface area contributed by atoms with Crippen LogP contribution in [-0.2, 0) is 4.74 Å². The maximum atomic E-state index is 13.1. The summed E-state index contributed by atoms with van der Waals surface area (Å²) >= 11 is 0. The van der Waals surface area contributed by atoms with Gasteiger partial charge in [-0.25, -0.2) is 4.79 Å². The number of aliphatic hydroxyl groups is 1. The molecule has 0 heterocycles. The number of fused-ring (bicyclic) bond motifs is 7. The van der Waals surface area contributed by atoms with Gasteiger partial charge in [0, 0.05) is 12.0 Å². The molecule has 0 aliphatic heterocycles. The van der Waals surface area contributed by atoms with E-state index in [1.165, 1.54) is 56.9 Å². The van der Waals surface area contributed by atoms with Crippen LogP contribution in [0.3, 0.4) is 0 Å². The molecule has 1 aromatic rings. The van der Waals surface area contributed by atoms with Crippen molar-refractivity contribution in [1.29, 1.82) is 0 Å². The van der Waals surface area contributed by atoms with Crippen molar-refractivity contribution in [2.75, 3.05) is 6.61 Å². The summed E-state index contributed by atoms with van der Waals surface area (Å²) in [4.78, 5) is 13.1. The molecule has 1 N–H and O–H groups in total. The number of ether oxygens (including phenoxy) is 1. The highest BCUT2D eigenvalue weighted by Crippen LogP contribution is 2.77. The van der Waals surface area contributed by atoms with Crippen molar-refractivity contribution < 1.29 is 14.6 Å². The normalized spacial score (nSPS) is 47.3. The van der Waals surface area contributed by atoms with Gasteiger partial charge in [-0.2, -0.15) is 0 Å². The second kappa shape index (κ2) is 9.45. The minimum atomic E-state index is -0.172. The molecule has 5 fully saturated rings. The number of allylic oxidation sites excluding steroid dienone is 1. The van der Waals surface area contributed by atoms with E-state index in [9.17, 15) is 9.90 Å². The van der Waals surface area contributed by atoms with E-state index < -0.39 is 0 Å². The maximum absolute atomic E-state index is 13.1. The van der Waals surface area contributed by atoms with Gasteiger partial charge in [-0.3, -0.25) is 0 Å². The molecule has 3 heteroatoms. The second-order valence-corrected chi connectivity index (χ2v) is 16.3. The van der Waals surface area contributed by atoms with Gasteiger partial charge >= 0.3 is 5.97 Å². The molecular formula is C37H54O3. The molecule has 3 nitrogen and oxygen atoms in total. The molecular weight excluding hydrogens is 492 g/mol. The minimum absolute atomic E-state index is 0.0378. The van der Waals surface area contributed by atoms with Gasteiger partial charge in [-0.15, -0.1) is 0 Å². The number of carbonyl (C=O) groups is 1. The van der Waals surface area contributed by atoms with Crippen LogP contribution in [0.15, 0.2) is 42.5 Å². The van der Waals surface area contributed by atoms with E-state index in [2.05, 4.69) is 48.1 Å². The minimum Gasteiger partial charge on any atom is -0.458 e. The highest BCUT2D eigenvalue weighted by Gasteiger charge is 2.71. The van der Waals surface area contributed by atoms with Crippen LogP contribution in [0.5, 0.6) is 0 Å². The standard InChI is InChI=1S/C37H54O3/c1-24(2)26-15-20-37(23-38)22-21-35(6)27(31(26)37)13-14-29-34(5)18-17-30(40-32(39)25-11-9-8-10-12-25)33(3,4)28(34)16-19-36(29,35)7/h8-12,26-31,38H,1,13-23H2,2-7H3/t26?,27?,28?,29?,30?,31?,34-,35+,36+,37?/m0/s1. The van der Waals surface area contributed by atoms with Crippen molar-refractivity contribution in [1.82, 2.24) is 0 Å². The van der Waals surface area contributed by atoms with Gasteiger partial charge in [0.1, 0.15) is 6.10 Å². The van der Waals surface area contributed by atoms with Gasteiger partial charge in [-0.05, 0) is 135 Å². The lowest BCUT2D eigenvalue weighted by atomic mass is 9.32. The number of rotatable bonds is 4. The molecule has 5 aliphatic rings. The number of aliphatic hydroxyl groups excluding tert-OH is 1. The summed E-state index contributed by atoms with van der Waals surface area (Å²) in [5, 5.41) is 10.8. The third-order valence-corrected chi connectivity index (χ3v) is 14.8.